The lowest BCUT2D eigenvalue weighted by Gasteiger charge is -2.06. The maximum absolute atomic E-state index is 3.31. The van der Waals surface area contributed by atoms with Gasteiger partial charge in [0.15, 0.2) is 0 Å². The number of nitrogens with one attached hydrogen (secondary N) is 3. The van der Waals surface area contributed by atoms with E-state index in [1.807, 2.05) is 0 Å². The van der Waals surface area contributed by atoms with E-state index >= 15 is 0 Å². The molecule has 0 aromatic carbocycles. The van der Waals surface area contributed by atoms with Gasteiger partial charge in [0.2, 0.25) is 0 Å². The molecule has 1 aliphatic heterocycles. The Morgan fingerprint density at radius 2 is 2.44 bits per heavy atom. The monoisotopic (exact) mass is 125 g/mol. The second-order valence-corrected chi connectivity index (χ2v) is 3.41. The number of hydrogen-bond donors (Lipinski definition) is 3. The predicted molar refractivity (Wildman–Crippen MR) is 33.3 cm³/mol. The molecule has 3 nitrogen and oxygen atoms in total. The third kappa shape index (κ3) is 0.351. The molecule has 3 rings (SSSR count). The summed E-state index contributed by atoms with van der Waals surface area (Å²) >= 11 is 0. The molecule has 2 saturated carbocycles. The van der Waals surface area contributed by atoms with Gasteiger partial charge in [0, 0.05) is 6.04 Å². The van der Waals surface area contributed by atoms with E-state index < -0.39 is 0 Å². The van der Waals surface area contributed by atoms with Gasteiger partial charge in [-0.1, -0.05) is 6.42 Å². The second-order valence-electron chi connectivity index (χ2n) is 3.41. The number of hydrazine groups is 2. The van der Waals surface area contributed by atoms with Gasteiger partial charge in [-0.15, -0.1) is 0 Å². The van der Waals surface area contributed by atoms with Gasteiger partial charge in [0.25, 0.3) is 0 Å². The first kappa shape index (κ1) is 4.66. The molecule has 3 fully saturated rings. The quantitative estimate of drug-likeness (QED) is 0.409. The van der Waals surface area contributed by atoms with E-state index in [1.54, 1.807) is 0 Å². The standard InChI is InChI=1S/C6H11N3/c1-2-4-5-6(4,3-1)8-9-7-5/h4-5,7-9H,1-3H2/t4?,5-,6?/m1/s1. The van der Waals surface area contributed by atoms with Gasteiger partial charge in [-0.2, -0.15) is 5.53 Å². The summed E-state index contributed by atoms with van der Waals surface area (Å²) in [5.41, 5.74) is 10.0. The summed E-state index contributed by atoms with van der Waals surface area (Å²) in [7, 11) is 0. The fourth-order valence-electron chi connectivity index (χ4n) is 2.59. The molecule has 3 aliphatic rings. The number of rotatable bonds is 0. The maximum Gasteiger partial charge on any atom is 0.0551 e. The molecule has 1 heterocycles. The van der Waals surface area contributed by atoms with E-state index in [2.05, 4.69) is 16.4 Å². The Morgan fingerprint density at radius 1 is 1.44 bits per heavy atom. The fourth-order valence-corrected chi connectivity index (χ4v) is 2.59. The van der Waals surface area contributed by atoms with E-state index in [9.17, 15) is 0 Å². The van der Waals surface area contributed by atoms with Crippen molar-refractivity contribution in [1.29, 1.82) is 0 Å². The molecule has 3 atom stereocenters. The molecule has 2 aliphatic carbocycles. The van der Waals surface area contributed by atoms with Crippen LogP contribution in [0.4, 0.5) is 0 Å². The van der Waals surface area contributed by atoms with Crippen molar-refractivity contribution >= 4 is 0 Å². The van der Waals surface area contributed by atoms with Crippen LogP contribution < -0.4 is 16.4 Å². The highest BCUT2D eigenvalue weighted by atomic mass is 15.7. The first-order valence-corrected chi connectivity index (χ1v) is 3.71. The summed E-state index contributed by atoms with van der Waals surface area (Å²) in [6, 6.07) is 0.756. The highest BCUT2D eigenvalue weighted by molar-refractivity contribution is 5.27. The maximum atomic E-state index is 3.31. The summed E-state index contributed by atoms with van der Waals surface area (Å²) in [6.45, 7) is 0. The number of fused-ring (bicyclic) bond motifs is 1. The van der Waals surface area contributed by atoms with Gasteiger partial charge in [-0.05, 0) is 18.8 Å². The fraction of sp³-hybridized carbons (Fsp3) is 1.00. The molecule has 0 radical (unpaired) electrons. The van der Waals surface area contributed by atoms with Crippen LogP contribution in [0.2, 0.25) is 0 Å². The Balaban J connectivity index is 1.96. The van der Waals surface area contributed by atoms with Crippen molar-refractivity contribution in [2.24, 2.45) is 5.92 Å². The molecule has 0 aromatic heterocycles. The Labute approximate surface area is 54.1 Å². The van der Waals surface area contributed by atoms with E-state index in [1.165, 1.54) is 19.3 Å². The summed E-state index contributed by atoms with van der Waals surface area (Å²) < 4.78 is 0. The predicted octanol–water partition coefficient (Wildman–Crippen LogP) is -0.480. The van der Waals surface area contributed by atoms with Crippen molar-refractivity contribution in [1.82, 2.24) is 16.4 Å². The van der Waals surface area contributed by atoms with Crippen LogP contribution in [0.5, 0.6) is 0 Å². The normalized spacial score (nSPS) is 61.3. The van der Waals surface area contributed by atoms with Crippen LogP contribution in [0.15, 0.2) is 0 Å². The van der Waals surface area contributed by atoms with Crippen molar-refractivity contribution in [2.75, 3.05) is 0 Å². The van der Waals surface area contributed by atoms with Crippen LogP contribution in [0, 0.1) is 5.92 Å². The smallest absolute Gasteiger partial charge is 0.0551 e. The van der Waals surface area contributed by atoms with Crippen LogP contribution in [-0.2, 0) is 0 Å². The van der Waals surface area contributed by atoms with Crippen LogP contribution in [0.25, 0.3) is 0 Å². The summed E-state index contributed by atoms with van der Waals surface area (Å²) in [5, 5.41) is 0. The van der Waals surface area contributed by atoms with Crippen molar-refractivity contribution in [2.45, 2.75) is 30.8 Å². The zero-order valence-electron chi connectivity index (χ0n) is 5.28. The van der Waals surface area contributed by atoms with Gasteiger partial charge in [0.05, 0.1) is 5.54 Å². The summed E-state index contributed by atoms with van der Waals surface area (Å²) in [5.74, 6) is 0.943. The van der Waals surface area contributed by atoms with E-state index in [4.69, 9.17) is 0 Å². The molecule has 1 saturated heterocycles. The first-order valence-electron chi connectivity index (χ1n) is 3.71. The van der Waals surface area contributed by atoms with E-state index in [0.29, 0.717) is 5.54 Å². The molecule has 0 amide bonds. The largest absolute Gasteiger partial charge is 0.239 e. The lowest BCUT2D eigenvalue weighted by molar-refractivity contribution is 0.423. The molecule has 3 N–H and O–H groups in total. The Bertz CT molecular complexity index is 138. The Kier molecular flexibility index (Phi) is 0.604. The number of hydrogen-bond acceptors (Lipinski definition) is 3. The minimum absolute atomic E-state index is 0.500. The minimum atomic E-state index is 0.500. The lowest BCUT2D eigenvalue weighted by Crippen LogP contribution is -2.41. The molecule has 9 heavy (non-hydrogen) atoms. The van der Waals surface area contributed by atoms with Crippen molar-refractivity contribution in [3.63, 3.8) is 0 Å². The highest BCUT2D eigenvalue weighted by Crippen LogP contribution is 2.56. The summed E-state index contributed by atoms with van der Waals surface area (Å²) in [4.78, 5) is 0. The van der Waals surface area contributed by atoms with Crippen LogP contribution in [-0.4, -0.2) is 11.6 Å². The average molecular weight is 125 g/mol. The van der Waals surface area contributed by atoms with E-state index in [0.717, 1.165) is 12.0 Å². The van der Waals surface area contributed by atoms with Gasteiger partial charge in [0.1, 0.15) is 0 Å². The molecular formula is C6H11N3. The third-order valence-corrected chi connectivity index (χ3v) is 3.14. The lowest BCUT2D eigenvalue weighted by atomic mass is 10.2. The van der Waals surface area contributed by atoms with Crippen molar-refractivity contribution in [3.8, 4) is 0 Å². The first-order chi connectivity index (χ1) is 4.43. The van der Waals surface area contributed by atoms with Crippen molar-refractivity contribution in [3.05, 3.63) is 0 Å². The zero-order chi connectivity index (χ0) is 5.90. The van der Waals surface area contributed by atoms with Gasteiger partial charge in [-0.3, -0.25) is 0 Å². The van der Waals surface area contributed by atoms with Gasteiger partial charge >= 0.3 is 0 Å². The molecular weight excluding hydrogens is 114 g/mol. The topological polar surface area (TPSA) is 36.1 Å². The summed E-state index contributed by atoms with van der Waals surface area (Å²) in [6.07, 6.45) is 4.20. The van der Waals surface area contributed by atoms with E-state index in [-0.39, 0.29) is 0 Å². The van der Waals surface area contributed by atoms with Crippen LogP contribution >= 0.6 is 0 Å². The SMILES string of the molecule is C1CC2[C@H]3NNNC23C1. The van der Waals surface area contributed by atoms with Crippen LogP contribution in [0.1, 0.15) is 19.3 Å². The van der Waals surface area contributed by atoms with Crippen LogP contribution in [0.3, 0.4) is 0 Å². The molecule has 1 spiro atoms. The van der Waals surface area contributed by atoms with Gasteiger partial charge in [-0.25, -0.2) is 10.9 Å². The highest BCUT2D eigenvalue weighted by Gasteiger charge is 2.69. The van der Waals surface area contributed by atoms with Gasteiger partial charge < -0.3 is 0 Å². The molecule has 2 unspecified atom stereocenters. The zero-order valence-corrected chi connectivity index (χ0v) is 5.28. The average Bonchev–Trinajstić information content (AvgIpc) is 2.40. The molecule has 3 heteroatoms. The molecule has 0 aromatic rings. The minimum Gasteiger partial charge on any atom is -0.239 e. The van der Waals surface area contributed by atoms with Crippen molar-refractivity contribution < 1.29 is 0 Å². The second kappa shape index (κ2) is 1.17. The molecule has 50 valence electrons. The Morgan fingerprint density at radius 3 is 3.22 bits per heavy atom. The third-order valence-electron chi connectivity index (χ3n) is 3.14. The molecule has 0 bridgehead atoms. The Hall–Kier alpha value is -0.120.